The van der Waals surface area contributed by atoms with Gasteiger partial charge >= 0.3 is 6.18 Å². The quantitative estimate of drug-likeness (QED) is 0.762. The van der Waals surface area contributed by atoms with Crippen LogP contribution in [-0.2, 0) is 11.3 Å². The van der Waals surface area contributed by atoms with Crippen LogP contribution >= 0.6 is 23.2 Å². The van der Waals surface area contributed by atoms with Gasteiger partial charge < -0.3 is 4.74 Å². The Labute approximate surface area is 124 Å². The van der Waals surface area contributed by atoms with E-state index in [1.807, 2.05) is 0 Å². The molecular weight excluding hydrogens is 316 g/mol. The van der Waals surface area contributed by atoms with Gasteiger partial charge in [0.1, 0.15) is 23.5 Å². The molecule has 0 atom stereocenters. The molecule has 0 amide bonds. The van der Waals surface area contributed by atoms with Crippen LogP contribution in [0.5, 0.6) is 0 Å². The molecule has 0 aliphatic heterocycles. The molecule has 1 heterocycles. The smallest absolute Gasteiger partial charge is 0.364 e. The van der Waals surface area contributed by atoms with E-state index in [0.29, 0.717) is 5.56 Å². The van der Waals surface area contributed by atoms with Gasteiger partial charge in [-0.15, -0.1) is 0 Å². The Morgan fingerprint density at radius 3 is 2.15 bits per heavy atom. The van der Waals surface area contributed by atoms with Crippen molar-refractivity contribution in [2.45, 2.75) is 44.4 Å². The maximum absolute atomic E-state index is 12.0. The Morgan fingerprint density at radius 1 is 1.10 bits per heavy atom. The van der Waals surface area contributed by atoms with Crippen molar-refractivity contribution in [2.75, 3.05) is 6.61 Å². The normalized spacial score (nSPS) is 16.9. The van der Waals surface area contributed by atoms with E-state index in [-0.39, 0.29) is 28.7 Å². The third-order valence-electron chi connectivity index (χ3n) is 3.16. The third-order valence-corrected chi connectivity index (χ3v) is 3.74. The lowest BCUT2D eigenvalue weighted by atomic mass is 10.0. The summed E-state index contributed by atoms with van der Waals surface area (Å²) in [4.78, 5) is 7.95. The Balaban J connectivity index is 2.05. The molecule has 1 aromatic heterocycles. The zero-order valence-electron chi connectivity index (χ0n) is 10.5. The molecule has 0 unspecified atom stereocenters. The molecule has 0 spiro atoms. The van der Waals surface area contributed by atoms with Gasteiger partial charge in [-0.3, -0.25) is 0 Å². The highest BCUT2D eigenvalue weighted by molar-refractivity contribution is 6.34. The lowest BCUT2D eigenvalue weighted by Gasteiger charge is -2.14. The molecule has 3 nitrogen and oxygen atoms in total. The molecule has 1 fully saturated rings. The van der Waals surface area contributed by atoms with Crippen LogP contribution in [0, 0.1) is 0 Å². The number of alkyl halides is 3. The van der Waals surface area contributed by atoms with Crippen LogP contribution in [0.25, 0.3) is 0 Å². The predicted octanol–water partition coefficient (Wildman–Crippen LogP) is 4.52. The molecule has 1 aliphatic rings. The van der Waals surface area contributed by atoms with Crippen LogP contribution in [0.4, 0.5) is 13.2 Å². The van der Waals surface area contributed by atoms with E-state index in [0.717, 1.165) is 25.7 Å². The van der Waals surface area contributed by atoms with Gasteiger partial charge in [-0.25, -0.2) is 9.97 Å². The Kier molecular flexibility index (Phi) is 5.09. The Bertz CT molecular complexity index is 453. The summed E-state index contributed by atoms with van der Waals surface area (Å²) in [5, 5.41) is 0.421. The average Bonchev–Trinajstić information content (AvgIpc) is 2.79. The summed E-state index contributed by atoms with van der Waals surface area (Å²) in [5.74, 6) is 0.297. The molecule has 112 valence electrons. The third kappa shape index (κ3) is 4.20. The molecule has 8 heteroatoms. The van der Waals surface area contributed by atoms with Crippen LogP contribution in [-0.4, -0.2) is 22.8 Å². The number of hydrogen-bond acceptors (Lipinski definition) is 3. The topological polar surface area (TPSA) is 35.0 Å². The van der Waals surface area contributed by atoms with Gasteiger partial charge in [0, 0.05) is 5.56 Å². The molecule has 1 saturated carbocycles. The summed E-state index contributed by atoms with van der Waals surface area (Å²) in [6.07, 6.45) is -0.210. The van der Waals surface area contributed by atoms with Gasteiger partial charge in [0.25, 0.3) is 0 Å². The minimum absolute atomic E-state index is 0.0611. The Hall–Kier alpha value is -0.590. The summed E-state index contributed by atoms with van der Waals surface area (Å²) in [6, 6.07) is 0. The number of ether oxygens (including phenoxy) is 1. The number of aromatic nitrogens is 2. The molecule has 2 rings (SSSR count). The fourth-order valence-electron chi connectivity index (χ4n) is 2.33. The zero-order valence-corrected chi connectivity index (χ0v) is 12.0. The minimum Gasteiger partial charge on any atom is -0.364 e. The average molecular weight is 329 g/mol. The molecule has 0 bridgehead atoms. The summed E-state index contributed by atoms with van der Waals surface area (Å²) >= 11 is 12.1. The summed E-state index contributed by atoms with van der Waals surface area (Å²) < 4.78 is 40.4. The van der Waals surface area contributed by atoms with Crippen molar-refractivity contribution in [1.82, 2.24) is 9.97 Å². The van der Waals surface area contributed by atoms with Crippen molar-refractivity contribution in [1.29, 1.82) is 0 Å². The van der Waals surface area contributed by atoms with Crippen molar-refractivity contribution in [2.24, 2.45) is 0 Å². The van der Waals surface area contributed by atoms with Crippen LogP contribution in [0.1, 0.15) is 43.0 Å². The summed E-state index contributed by atoms with van der Waals surface area (Å²) in [7, 11) is 0. The molecule has 1 aliphatic carbocycles. The number of halogens is 5. The van der Waals surface area contributed by atoms with Crippen molar-refractivity contribution < 1.29 is 17.9 Å². The molecule has 20 heavy (non-hydrogen) atoms. The number of rotatable bonds is 4. The summed E-state index contributed by atoms with van der Waals surface area (Å²) in [6.45, 7) is -1.72. The lowest BCUT2D eigenvalue weighted by molar-refractivity contribution is -0.177. The monoisotopic (exact) mass is 328 g/mol. The highest BCUT2D eigenvalue weighted by Gasteiger charge is 2.28. The highest BCUT2D eigenvalue weighted by atomic mass is 35.5. The van der Waals surface area contributed by atoms with Gasteiger partial charge in [-0.2, -0.15) is 13.2 Å². The number of nitrogens with zero attached hydrogens (tertiary/aromatic N) is 2. The SMILES string of the molecule is FC(F)(F)COCc1nc(Cl)c(C2CCCC2)c(Cl)n1. The maximum Gasteiger partial charge on any atom is 0.411 e. The van der Waals surface area contributed by atoms with Crippen molar-refractivity contribution in [3.05, 3.63) is 21.7 Å². The van der Waals surface area contributed by atoms with Crippen LogP contribution in [0.2, 0.25) is 10.3 Å². The standard InChI is InChI=1S/C12H13Cl2F3N2O/c13-10-9(7-3-1-2-4-7)11(14)19-8(18-10)5-20-6-12(15,16)17/h7H,1-6H2. The first-order valence-corrected chi connectivity index (χ1v) is 6.98. The first-order chi connectivity index (χ1) is 9.37. The van der Waals surface area contributed by atoms with Crippen LogP contribution in [0.3, 0.4) is 0 Å². The lowest BCUT2D eigenvalue weighted by Crippen LogP contribution is -2.17. The van der Waals surface area contributed by atoms with Crippen LogP contribution in [0.15, 0.2) is 0 Å². The molecule has 0 saturated heterocycles. The second-order valence-electron chi connectivity index (χ2n) is 4.72. The molecule has 0 aromatic carbocycles. The number of hydrogen-bond donors (Lipinski definition) is 0. The predicted molar refractivity (Wildman–Crippen MR) is 69.0 cm³/mol. The van der Waals surface area contributed by atoms with Crippen molar-refractivity contribution >= 4 is 23.2 Å². The van der Waals surface area contributed by atoms with E-state index < -0.39 is 12.8 Å². The molecule has 1 aromatic rings. The highest BCUT2D eigenvalue weighted by Crippen LogP contribution is 2.39. The molecular formula is C12H13Cl2F3N2O. The van der Waals surface area contributed by atoms with E-state index in [4.69, 9.17) is 23.2 Å². The zero-order chi connectivity index (χ0) is 14.8. The Morgan fingerprint density at radius 2 is 1.65 bits per heavy atom. The molecule has 0 radical (unpaired) electrons. The van der Waals surface area contributed by atoms with Gasteiger partial charge in [0.15, 0.2) is 5.82 Å². The van der Waals surface area contributed by atoms with Gasteiger partial charge in [-0.05, 0) is 18.8 Å². The second-order valence-corrected chi connectivity index (χ2v) is 5.44. The van der Waals surface area contributed by atoms with Gasteiger partial charge in [0.05, 0.1) is 0 Å². The fraction of sp³-hybridized carbons (Fsp3) is 0.667. The second kappa shape index (κ2) is 6.45. The fourth-order valence-corrected chi connectivity index (χ4v) is 3.06. The van der Waals surface area contributed by atoms with E-state index in [1.165, 1.54) is 0 Å². The van der Waals surface area contributed by atoms with Crippen LogP contribution < -0.4 is 0 Å². The maximum atomic E-state index is 12.0. The first-order valence-electron chi connectivity index (χ1n) is 6.23. The van der Waals surface area contributed by atoms with E-state index in [9.17, 15) is 13.2 Å². The van der Waals surface area contributed by atoms with Gasteiger partial charge in [-0.1, -0.05) is 36.0 Å². The van der Waals surface area contributed by atoms with E-state index >= 15 is 0 Å². The largest absolute Gasteiger partial charge is 0.411 e. The van der Waals surface area contributed by atoms with E-state index in [1.54, 1.807) is 0 Å². The summed E-state index contributed by atoms with van der Waals surface area (Å²) in [5.41, 5.74) is 0.699. The first kappa shape index (κ1) is 15.8. The van der Waals surface area contributed by atoms with Crippen molar-refractivity contribution in [3.63, 3.8) is 0 Å². The van der Waals surface area contributed by atoms with Crippen molar-refractivity contribution in [3.8, 4) is 0 Å². The molecule has 0 N–H and O–H groups in total. The van der Waals surface area contributed by atoms with E-state index in [2.05, 4.69) is 14.7 Å². The minimum atomic E-state index is -4.38. The van der Waals surface area contributed by atoms with Gasteiger partial charge in [0.2, 0.25) is 0 Å².